The van der Waals surface area contributed by atoms with E-state index >= 15 is 0 Å². The fourth-order valence-corrected chi connectivity index (χ4v) is 2.91. The van der Waals surface area contributed by atoms with Crippen molar-refractivity contribution in [3.8, 4) is 16.8 Å². The van der Waals surface area contributed by atoms with Crippen LogP contribution in [0.1, 0.15) is 5.56 Å². The van der Waals surface area contributed by atoms with Crippen molar-refractivity contribution in [2.75, 3.05) is 0 Å². The summed E-state index contributed by atoms with van der Waals surface area (Å²) in [6.07, 6.45) is 5.75. The largest absolute Gasteiger partial charge is 0.369 e. The van der Waals surface area contributed by atoms with Crippen molar-refractivity contribution in [2.24, 2.45) is 5.73 Å². The van der Waals surface area contributed by atoms with Crippen molar-refractivity contribution in [3.63, 3.8) is 0 Å². The maximum atomic E-state index is 11.2. The lowest BCUT2D eigenvalue weighted by molar-refractivity contribution is -0.117. The topological polar surface area (TPSA) is 73.8 Å². The standard InChI is InChI=1S/C20H16N4O/c21-19(25)11-15-3-1-4-17-13-24(23-20(15)17)18-8-6-14(7-9-18)16-5-2-10-22-12-16/h1-10,12-13H,11H2,(H2,21,25). The van der Waals surface area contributed by atoms with Crippen LogP contribution in [0.4, 0.5) is 0 Å². The molecule has 0 bridgehead atoms. The highest BCUT2D eigenvalue weighted by atomic mass is 16.1. The van der Waals surface area contributed by atoms with Gasteiger partial charge in [-0.05, 0) is 34.9 Å². The van der Waals surface area contributed by atoms with E-state index in [1.807, 2.05) is 71.7 Å². The molecule has 5 heteroatoms. The third-order valence-corrected chi connectivity index (χ3v) is 4.11. The van der Waals surface area contributed by atoms with Crippen molar-refractivity contribution in [1.82, 2.24) is 14.8 Å². The molecule has 2 N–H and O–H groups in total. The molecule has 0 saturated carbocycles. The first-order valence-corrected chi connectivity index (χ1v) is 7.97. The van der Waals surface area contributed by atoms with Gasteiger partial charge in [0.2, 0.25) is 5.91 Å². The smallest absolute Gasteiger partial charge is 0.221 e. The summed E-state index contributed by atoms with van der Waals surface area (Å²) in [5, 5.41) is 5.62. The van der Waals surface area contributed by atoms with Crippen LogP contribution in [0.3, 0.4) is 0 Å². The molecule has 0 aliphatic heterocycles. The van der Waals surface area contributed by atoms with Crippen molar-refractivity contribution in [2.45, 2.75) is 6.42 Å². The third kappa shape index (κ3) is 2.99. The van der Waals surface area contributed by atoms with Crippen LogP contribution in [0.25, 0.3) is 27.7 Å². The molecule has 0 fully saturated rings. The highest BCUT2D eigenvalue weighted by Gasteiger charge is 2.09. The lowest BCUT2D eigenvalue weighted by Crippen LogP contribution is -2.13. The van der Waals surface area contributed by atoms with E-state index in [4.69, 9.17) is 5.73 Å². The van der Waals surface area contributed by atoms with Gasteiger partial charge in [-0.25, -0.2) is 4.68 Å². The SMILES string of the molecule is NC(=O)Cc1cccc2cn(-c3ccc(-c4cccnc4)cc3)nc12. The van der Waals surface area contributed by atoms with Gasteiger partial charge in [0.15, 0.2) is 0 Å². The number of hydrogen-bond acceptors (Lipinski definition) is 3. The first kappa shape index (κ1) is 15.1. The number of nitrogens with two attached hydrogens (primary N) is 1. The van der Waals surface area contributed by atoms with Gasteiger partial charge in [0.1, 0.15) is 0 Å². The van der Waals surface area contributed by atoms with E-state index in [0.717, 1.165) is 33.3 Å². The van der Waals surface area contributed by atoms with Crippen molar-refractivity contribution in [1.29, 1.82) is 0 Å². The van der Waals surface area contributed by atoms with E-state index in [1.165, 1.54) is 0 Å². The van der Waals surface area contributed by atoms with Gasteiger partial charge < -0.3 is 5.73 Å². The number of nitrogens with zero attached hydrogens (tertiary/aromatic N) is 3. The molecule has 0 atom stereocenters. The fraction of sp³-hybridized carbons (Fsp3) is 0.0500. The quantitative estimate of drug-likeness (QED) is 0.625. The Balaban J connectivity index is 1.71. The van der Waals surface area contributed by atoms with Gasteiger partial charge in [-0.1, -0.05) is 36.4 Å². The first-order chi connectivity index (χ1) is 12.2. The molecule has 0 spiro atoms. The summed E-state index contributed by atoms with van der Waals surface area (Å²) in [5.74, 6) is -0.358. The number of hydrogen-bond donors (Lipinski definition) is 1. The molecule has 0 aliphatic rings. The van der Waals surface area contributed by atoms with Crippen LogP contribution in [0.15, 0.2) is 73.2 Å². The Kier molecular flexibility index (Phi) is 3.74. The molecule has 4 rings (SSSR count). The molecule has 2 heterocycles. The molecular weight excluding hydrogens is 312 g/mol. The van der Waals surface area contributed by atoms with E-state index in [0.29, 0.717) is 0 Å². The Morgan fingerprint density at radius 1 is 1.00 bits per heavy atom. The summed E-state index contributed by atoms with van der Waals surface area (Å²) in [6, 6.07) is 17.8. The van der Waals surface area contributed by atoms with Gasteiger partial charge in [-0.15, -0.1) is 0 Å². The molecule has 0 aliphatic carbocycles. The lowest BCUT2D eigenvalue weighted by atomic mass is 10.1. The summed E-state index contributed by atoms with van der Waals surface area (Å²) in [7, 11) is 0. The molecule has 0 unspecified atom stereocenters. The maximum Gasteiger partial charge on any atom is 0.221 e. The second kappa shape index (κ2) is 6.20. The van der Waals surface area contributed by atoms with Gasteiger partial charge in [0.05, 0.1) is 17.6 Å². The lowest BCUT2D eigenvalue weighted by Gasteiger charge is -2.04. The van der Waals surface area contributed by atoms with Gasteiger partial charge in [0, 0.05) is 24.0 Å². The normalized spacial score (nSPS) is 10.9. The van der Waals surface area contributed by atoms with Crippen LogP contribution >= 0.6 is 0 Å². The van der Waals surface area contributed by atoms with Crippen LogP contribution in [-0.4, -0.2) is 20.7 Å². The van der Waals surface area contributed by atoms with Crippen LogP contribution in [0, 0.1) is 0 Å². The molecule has 2 aromatic carbocycles. The van der Waals surface area contributed by atoms with Crippen LogP contribution in [-0.2, 0) is 11.2 Å². The number of carbonyl (C=O) groups is 1. The van der Waals surface area contributed by atoms with Crippen LogP contribution in [0.2, 0.25) is 0 Å². The van der Waals surface area contributed by atoms with Crippen molar-refractivity contribution in [3.05, 3.63) is 78.8 Å². The summed E-state index contributed by atoms with van der Waals surface area (Å²) >= 11 is 0. The predicted molar refractivity (Wildman–Crippen MR) is 97.2 cm³/mol. The zero-order valence-corrected chi connectivity index (χ0v) is 13.5. The van der Waals surface area contributed by atoms with E-state index in [-0.39, 0.29) is 12.3 Å². The van der Waals surface area contributed by atoms with E-state index < -0.39 is 0 Å². The number of carbonyl (C=O) groups excluding carboxylic acids is 1. The first-order valence-electron chi connectivity index (χ1n) is 7.97. The average molecular weight is 328 g/mol. The van der Waals surface area contributed by atoms with Gasteiger partial charge in [0.25, 0.3) is 0 Å². The van der Waals surface area contributed by atoms with Gasteiger partial charge in [-0.2, -0.15) is 5.10 Å². The molecule has 0 radical (unpaired) electrons. The predicted octanol–water partition coefficient (Wildman–Crippen LogP) is 3.12. The van der Waals surface area contributed by atoms with Crippen LogP contribution < -0.4 is 5.73 Å². The third-order valence-electron chi connectivity index (χ3n) is 4.11. The molecule has 0 saturated heterocycles. The Morgan fingerprint density at radius 3 is 2.56 bits per heavy atom. The highest BCUT2D eigenvalue weighted by molar-refractivity contribution is 5.87. The average Bonchev–Trinajstić information content (AvgIpc) is 3.08. The minimum atomic E-state index is -0.358. The Morgan fingerprint density at radius 2 is 1.84 bits per heavy atom. The monoisotopic (exact) mass is 328 g/mol. The summed E-state index contributed by atoms with van der Waals surface area (Å²) < 4.78 is 1.82. The molecule has 25 heavy (non-hydrogen) atoms. The molecule has 5 nitrogen and oxygen atoms in total. The van der Waals surface area contributed by atoms with Gasteiger partial charge in [-0.3, -0.25) is 9.78 Å². The van der Waals surface area contributed by atoms with Crippen LogP contribution in [0.5, 0.6) is 0 Å². The number of amides is 1. The van der Waals surface area contributed by atoms with E-state index in [1.54, 1.807) is 6.20 Å². The maximum absolute atomic E-state index is 11.2. The fourth-order valence-electron chi connectivity index (χ4n) is 2.91. The highest BCUT2D eigenvalue weighted by Crippen LogP contribution is 2.23. The summed E-state index contributed by atoms with van der Waals surface area (Å²) in [4.78, 5) is 15.4. The molecular formula is C20H16N4O. The Hall–Kier alpha value is -3.47. The summed E-state index contributed by atoms with van der Waals surface area (Å²) in [5.41, 5.74) is 10.1. The number of rotatable bonds is 4. The molecule has 2 aromatic heterocycles. The van der Waals surface area contributed by atoms with E-state index in [2.05, 4.69) is 10.1 Å². The second-order valence-corrected chi connectivity index (χ2v) is 5.86. The second-order valence-electron chi connectivity index (χ2n) is 5.86. The molecule has 122 valence electrons. The zero-order valence-electron chi connectivity index (χ0n) is 13.5. The Labute approximate surface area is 144 Å². The molecule has 1 amide bonds. The van der Waals surface area contributed by atoms with Crippen molar-refractivity contribution >= 4 is 16.8 Å². The summed E-state index contributed by atoms with van der Waals surface area (Å²) in [6.45, 7) is 0. The number of primary amides is 1. The number of fused-ring (bicyclic) bond motifs is 1. The number of aromatic nitrogens is 3. The zero-order chi connectivity index (χ0) is 17.2. The van der Waals surface area contributed by atoms with Gasteiger partial charge >= 0.3 is 0 Å². The Bertz CT molecular complexity index is 1040. The minimum Gasteiger partial charge on any atom is -0.369 e. The number of pyridine rings is 1. The molecule has 4 aromatic rings. The van der Waals surface area contributed by atoms with E-state index in [9.17, 15) is 4.79 Å². The minimum absolute atomic E-state index is 0.189. The number of benzene rings is 2. The van der Waals surface area contributed by atoms with Crippen molar-refractivity contribution < 1.29 is 4.79 Å².